The molecular formula is C20H33IO2. The summed E-state index contributed by atoms with van der Waals surface area (Å²) in [6, 6.07) is 0. The first-order valence-electron chi connectivity index (χ1n) is 9.96. The third-order valence-corrected chi connectivity index (χ3v) is 7.96. The molecule has 0 unspecified atom stereocenters. The van der Waals surface area contributed by atoms with Crippen LogP contribution in [0.4, 0.5) is 0 Å². The molecule has 0 atom stereocenters. The largest absolute Gasteiger partial charge is 0.462 e. The molecule has 3 saturated carbocycles. The molecule has 0 N–H and O–H groups in total. The van der Waals surface area contributed by atoms with E-state index in [-0.39, 0.29) is 18.0 Å². The Hall–Kier alpha value is 0.200. The molecule has 0 amide bonds. The van der Waals surface area contributed by atoms with Crippen molar-refractivity contribution in [1.29, 1.82) is 0 Å². The van der Waals surface area contributed by atoms with Crippen LogP contribution in [0.15, 0.2) is 0 Å². The minimum Gasteiger partial charge on any atom is -0.462 e. The number of esters is 1. The van der Waals surface area contributed by atoms with Crippen molar-refractivity contribution in [1.82, 2.24) is 0 Å². The van der Waals surface area contributed by atoms with E-state index in [2.05, 4.69) is 29.5 Å². The molecule has 0 radical (unpaired) electrons. The zero-order valence-corrected chi connectivity index (χ0v) is 16.8. The predicted octanol–water partition coefficient (Wildman–Crippen LogP) is 5.91. The van der Waals surface area contributed by atoms with Gasteiger partial charge in [-0.3, -0.25) is 4.79 Å². The lowest BCUT2D eigenvalue weighted by molar-refractivity contribution is -0.157. The van der Waals surface area contributed by atoms with Crippen molar-refractivity contribution in [3.63, 3.8) is 0 Å². The molecule has 0 aromatic carbocycles. The number of hydrogen-bond acceptors (Lipinski definition) is 2. The minimum atomic E-state index is 0.124. The summed E-state index contributed by atoms with van der Waals surface area (Å²) in [5, 5.41) is 0. The second kappa shape index (κ2) is 8.53. The molecule has 3 heteroatoms. The Bertz CT molecular complexity index is 373. The molecule has 0 saturated heterocycles. The average molecular weight is 432 g/mol. The highest BCUT2D eigenvalue weighted by molar-refractivity contribution is 14.1. The van der Waals surface area contributed by atoms with E-state index in [9.17, 15) is 4.79 Å². The van der Waals surface area contributed by atoms with Crippen molar-refractivity contribution in [3.05, 3.63) is 0 Å². The van der Waals surface area contributed by atoms with Gasteiger partial charge in [-0.15, -0.1) is 0 Å². The summed E-state index contributed by atoms with van der Waals surface area (Å²) in [5.74, 6) is 2.97. The molecule has 23 heavy (non-hydrogen) atoms. The smallest absolute Gasteiger partial charge is 0.309 e. The zero-order valence-electron chi connectivity index (χ0n) is 14.6. The molecule has 0 aromatic rings. The number of alkyl halides is 1. The molecule has 0 aliphatic heterocycles. The van der Waals surface area contributed by atoms with Crippen LogP contribution in [-0.4, -0.2) is 16.0 Å². The number of halogens is 1. The molecule has 0 bridgehead atoms. The standard InChI is InChI=1S/C20H33IO2/c1-14-2-12-19(13-3-14)23-20(22)17-6-4-15(5-7-17)16-8-10-18(21)11-9-16/h14-19H,2-13H2,1H3. The Kier molecular flexibility index (Phi) is 6.68. The highest BCUT2D eigenvalue weighted by Crippen LogP contribution is 2.41. The molecule has 3 rings (SSSR count). The van der Waals surface area contributed by atoms with Crippen molar-refractivity contribution >= 4 is 28.6 Å². The Morgan fingerprint density at radius 2 is 1.30 bits per heavy atom. The van der Waals surface area contributed by atoms with E-state index in [1.54, 1.807) is 0 Å². The maximum Gasteiger partial charge on any atom is 0.309 e. The van der Waals surface area contributed by atoms with E-state index in [1.807, 2.05) is 0 Å². The second-order valence-electron chi connectivity index (χ2n) is 8.44. The predicted molar refractivity (Wildman–Crippen MR) is 103 cm³/mol. The van der Waals surface area contributed by atoms with Gasteiger partial charge < -0.3 is 4.74 Å². The monoisotopic (exact) mass is 432 g/mol. The Labute approximate surface area is 155 Å². The SMILES string of the molecule is CC1CCC(OC(=O)C2CCC(C3CCC(I)CC3)CC2)CC1. The molecular weight excluding hydrogens is 399 g/mol. The Morgan fingerprint density at radius 3 is 1.87 bits per heavy atom. The lowest BCUT2D eigenvalue weighted by atomic mass is 9.71. The van der Waals surface area contributed by atoms with Crippen molar-refractivity contribution in [3.8, 4) is 0 Å². The quantitative estimate of drug-likeness (QED) is 0.315. The third-order valence-electron chi connectivity index (χ3n) is 6.72. The van der Waals surface area contributed by atoms with Crippen LogP contribution >= 0.6 is 22.6 Å². The third kappa shape index (κ3) is 5.09. The Morgan fingerprint density at radius 1 is 0.783 bits per heavy atom. The van der Waals surface area contributed by atoms with E-state index in [4.69, 9.17) is 4.74 Å². The first-order chi connectivity index (χ1) is 11.1. The van der Waals surface area contributed by atoms with Gasteiger partial charge in [-0.25, -0.2) is 0 Å². The average Bonchev–Trinajstić information content (AvgIpc) is 2.58. The van der Waals surface area contributed by atoms with E-state index in [1.165, 1.54) is 51.4 Å². The van der Waals surface area contributed by atoms with Gasteiger partial charge in [0.2, 0.25) is 0 Å². The molecule has 132 valence electrons. The van der Waals surface area contributed by atoms with Gasteiger partial charge in [0.25, 0.3) is 0 Å². The van der Waals surface area contributed by atoms with Crippen LogP contribution in [0.25, 0.3) is 0 Å². The van der Waals surface area contributed by atoms with E-state index < -0.39 is 0 Å². The van der Waals surface area contributed by atoms with E-state index in [0.717, 1.165) is 47.4 Å². The van der Waals surface area contributed by atoms with Crippen LogP contribution in [0.2, 0.25) is 0 Å². The van der Waals surface area contributed by atoms with E-state index in [0.29, 0.717) is 0 Å². The summed E-state index contributed by atoms with van der Waals surface area (Å²) >= 11 is 2.62. The molecule has 0 heterocycles. The van der Waals surface area contributed by atoms with Crippen LogP contribution in [0, 0.1) is 23.7 Å². The van der Waals surface area contributed by atoms with Crippen LogP contribution in [0.5, 0.6) is 0 Å². The highest BCUT2D eigenvalue weighted by Gasteiger charge is 2.34. The summed E-state index contributed by atoms with van der Waals surface area (Å²) in [4.78, 5) is 12.5. The summed E-state index contributed by atoms with van der Waals surface area (Å²) in [6.07, 6.45) is 15.2. The van der Waals surface area contributed by atoms with Crippen LogP contribution in [0.1, 0.15) is 84.0 Å². The first-order valence-corrected chi connectivity index (χ1v) is 11.2. The van der Waals surface area contributed by atoms with Gasteiger partial charge in [0.05, 0.1) is 5.92 Å². The van der Waals surface area contributed by atoms with Crippen molar-refractivity contribution in [2.24, 2.45) is 23.7 Å². The highest BCUT2D eigenvalue weighted by atomic mass is 127. The fourth-order valence-corrected chi connectivity index (χ4v) is 5.70. The Balaban J connectivity index is 1.39. The second-order valence-corrected chi connectivity index (χ2v) is 10.2. The van der Waals surface area contributed by atoms with Gasteiger partial charge in [-0.05, 0) is 94.8 Å². The topological polar surface area (TPSA) is 26.3 Å². The van der Waals surface area contributed by atoms with Crippen molar-refractivity contribution in [2.45, 2.75) is 94.0 Å². The molecule has 2 nitrogen and oxygen atoms in total. The molecule has 0 aromatic heterocycles. The molecule has 3 fully saturated rings. The fourth-order valence-electron chi connectivity index (χ4n) is 4.98. The normalized spacial score (nSPS) is 42.2. The fraction of sp³-hybridized carbons (Fsp3) is 0.950. The first kappa shape index (κ1) is 18.0. The minimum absolute atomic E-state index is 0.124. The van der Waals surface area contributed by atoms with Gasteiger partial charge in [-0.2, -0.15) is 0 Å². The van der Waals surface area contributed by atoms with Crippen molar-refractivity contribution < 1.29 is 9.53 Å². The molecule has 3 aliphatic carbocycles. The summed E-state index contributed by atoms with van der Waals surface area (Å²) in [7, 11) is 0. The zero-order chi connectivity index (χ0) is 16.2. The summed E-state index contributed by atoms with van der Waals surface area (Å²) in [5.41, 5.74) is 0. The van der Waals surface area contributed by atoms with Gasteiger partial charge in [0.1, 0.15) is 6.10 Å². The molecule has 3 aliphatic rings. The number of hydrogen-bond donors (Lipinski definition) is 0. The van der Waals surface area contributed by atoms with Crippen molar-refractivity contribution in [2.75, 3.05) is 0 Å². The van der Waals surface area contributed by atoms with Crippen LogP contribution < -0.4 is 0 Å². The van der Waals surface area contributed by atoms with E-state index >= 15 is 0 Å². The van der Waals surface area contributed by atoms with Gasteiger partial charge in [0, 0.05) is 3.92 Å². The maximum absolute atomic E-state index is 12.5. The number of ether oxygens (including phenoxy) is 1. The number of carbonyl (C=O) groups excluding carboxylic acids is 1. The van der Waals surface area contributed by atoms with Crippen LogP contribution in [0.3, 0.4) is 0 Å². The molecule has 0 spiro atoms. The van der Waals surface area contributed by atoms with Gasteiger partial charge in [0.15, 0.2) is 0 Å². The lowest BCUT2D eigenvalue weighted by Gasteiger charge is -2.36. The lowest BCUT2D eigenvalue weighted by Crippen LogP contribution is -2.32. The maximum atomic E-state index is 12.5. The number of carbonyl (C=O) groups is 1. The van der Waals surface area contributed by atoms with Gasteiger partial charge in [-0.1, -0.05) is 29.5 Å². The van der Waals surface area contributed by atoms with Crippen LogP contribution in [-0.2, 0) is 9.53 Å². The summed E-state index contributed by atoms with van der Waals surface area (Å²) < 4.78 is 6.74. The van der Waals surface area contributed by atoms with Gasteiger partial charge >= 0.3 is 5.97 Å². The number of rotatable bonds is 3. The summed E-state index contributed by atoms with van der Waals surface area (Å²) in [6.45, 7) is 2.31.